The molecule has 1 heterocycles. The number of aliphatic hydroxyl groups is 1. The zero-order valence-electron chi connectivity index (χ0n) is 25.9. The van der Waals surface area contributed by atoms with E-state index >= 15 is 0 Å². The highest BCUT2D eigenvalue weighted by Gasteiger charge is 2.36. The molecule has 0 aromatic heterocycles. The number of anilines is 3. The summed E-state index contributed by atoms with van der Waals surface area (Å²) in [6, 6.07) is 9.95. The average molecular weight is 682 g/mol. The first-order chi connectivity index (χ1) is 22.5. The Bertz CT molecular complexity index is 1620. The fraction of sp³-hybridized carbons (Fsp3) is 0.344. The molecular weight excluding hydrogens is 648 g/mol. The van der Waals surface area contributed by atoms with Crippen molar-refractivity contribution in [2.75, 3.05) is 42.7 Å². The molecule has 0 aliphatic carbocycles. The molecule has 0 saturated heterocycles. The van der Waals surface area contributed by atoms with E-state index in [4.69, 9.17) is 4.74 Å². The predicted octanol–water partition coefficient (Wildman–Crippen LogP) is 6.75. The van der Waals surface area contributed by atoms with Crippen LogP contribution in [0, 0.1) is 5.92 Å². The third kappa shape index (κ3) is 8.67. The van der Waals surface area contributed by atoms with Gasteiger partial charge in [0, 0.05) is 30.9 Å². The van der Waals surface area contributed by atoms with Crippen molar-refractivity contribution >= 4 is 35.0 Å². The van der Waals surface area contributed by atoms with Crippen LogP contribution in [0.4, 0.5) is 53.0 Å². The first kappa shape index (κ1) is 35.9. The summed E-state index contributed by atoms with van der Waals surface area (Å²) >= 11 is 0. The zero-order valence-corrected chi connectivity index (χ0v) is 25.9. The van der Waals surface area contributed by atoms with Crippen LogP contribution in [0.3, 0.4) is 0 Å². The Balaban J connectivity index is 1.57. The summed E-state index contributed by atoms with van der Waals surface area (Å²) in [6.45, 7) is 3.09. The van der Waals surface area contributed by atoms with E-state index in [1.807, 2.05) is 0 Å². The molecule has 48 heavy (non-hydrogen) atoms. The van der Waals surface area contributed by atoms with Crippen LogP contribution in [-0.2, 0) is 12.4 Å². The molecule has 1 aliphatic rings. The topological polar surface area (TPSA) is 123 Å². The summed E-state index contributed by atoms with van der Waals surface area (Å²) in [5.74, 6) is -1.00. The molecule has 10 nitrogen and oxygen atoms in total. The summed E-state index contributed by atoms with van der Waals surface area (Å²) in [4.78, 5) is 42.3. The van der Waals surface area contributed by atoms with Crippen LogP contribution in [-0.4, -0.2) is 71.8 Å². The van der Waals surface area contributed by atoms with Gasteiger partial charge in [-0.25, -0.2) is 9.59 Å². The number of benzene rings is 3. The number of nitrogens with zero attached hydrogens (tertiary/aromatic N) is 2. The number of halogens is 6. The second-order valence-electron chi connectivity index (χ2n) is 11.3. The minimum atomic E-state index is -4.56. The molecule has 4 rings (SSSR count). The lowest BCUT2D eigenvalue weighted by atomic mass is 9.99. The summed E-state index contributed by atoms with van der Waals surface area (Å²) in [5.41, 5.74) is -1.51. The second-order valence-corrected chi connectivity index (χ2v) is 11.3. The summed E-state index contributed by atoms with van der Waals surface area (Å²) in [6.07, 6.45) is -9.91. The quantitative estimate of drug-likeness (QED) is 0.206. The van der Waals surface area contributed by atoms with Crippen LogP contribution in [0.2, 0.25) is 0 Å². The Morgan fingerprint density at radius 2 is 1.46 bits per heavy atom. The van der Waals surface area contributed by atoms with Crippen molar-refractivity contribution in [3.8, 4) is 5.75 Å². The highest BCUT2D eigenvalue weighted by molar-refractivity contribution is 6.04. The zero-order chi connectivity index (χ0) is 35.4. The third-order valence-electron chi connectivity index (χ3n) is 7.67. The van der Waals surface area contributed by atoms with Gasteiger partial charge in [0.25, 0.3) is 5.91 Å². The lowest BCUT2D eigenvalue weighted by Crippen LogP contribution is -2.50. The van der Waals surface area contributed by atoms with Crippen molar-refractivity contribution in [3.05, 3.63) is 83.4 Å². The van der Waals surface area contributed by atoms with E-state index in [0.717, 1.165) is 48.5 Å². The van der Waals surface area contributed by atoms with Gasteiger partial charge in [-0.05, 0) is 67.6 Å². The van der Waals surface area contributed by atoms with Crippen LogP contribution in [0.1, 0.15) is 35.3 Å². The minimum Gasteiger partial charge on any atom is -0.485 e. The van der Waals surface area contributed by atoms with E-state index < -0.39 is 59.5 Å². The van der Waals surface area contributed by atoms with Crippen LogP contribution < -0.4 is 20.7 Å². The van der Waals surface area contributed by atoms with Gasteiger partial charge in [-0.15, -0.1) is 0 Å². The van der Waals surface area contributed by atoms with E-state index in [0.29, 0.717) is 0 Å². The Morgan fingerprint density at radius 3 is 1.98 bits per heavy atom. The van der Waals surface area contributed by atoms with E-state index in [1.165, 1.54) is 35.0 Å². The summed E-state index contributed by atoms with van der Waals surface area (Å²) < 4.78 is 83.9. The van der Waals surface area contributed by atoms with Crippen molar-refractivity contribution in [2.45, 2.75) is 38.3 Å². The number of hydrogen-bond acceptors (Lipinski definition) is 5. The number of para-hydroxylation sites is 1. The van der Waals surface area contributed by atoms with Crippen LogP contribution in [0.5, 0.6) is 5.75 Å². The molecule has 16 heteroatoms. The van der Waals surface area contributed by atoms with E-state index in [1.54, 1.807) is 13.8 Å². The third-order valence-corrected chi connectivity index (χ3v) is 7.67. The SMILES string of the molecule is C[C@@H]1CN([C@H](C)CO)C(=O)c2cccc(NC(=O)Nc3ccc(C(F)(F)F)cc3)c2O[C@H]1CN(C)C(=O)Nc1ccc(C(F)(F)F)cc1. The standard InChI is InChI=1S/C32H33F6N5O5/c1-18-15-43(19(2)17-44)28(45)24-5-4-6-25(41-29(46)39-22-11-7-20(8-12-22)31(33,34)35)27(24)48-26(18)16-42(3)30(47)40-23-13-9-21(10-14-23)32(36,37)38/h4-14,18-19,26,44H,15-17H2,1-3H3,(H,40,47)(H2,39,41,46)/t18-,19-,26+/m1/s1. The number of ether oxygens (including phenoxy) is 1. The Kier molecular flexibility index (Phi) is 10.8. The average Bonchev–Trinajstić information content (AvgIpc) is 3.02. The highest BCUT2D eigenvalue weighted by Crippen LogP contribution is 2.36. The number of rotatable bonds is 7. The first-order valence-electron chi connectivity index (χ1n) is 14.6. The number of fused-ring (bicyclic) bond motifs is 1. The number of amides is 5. The Hall–Kier alpha value is -4.99. The number of aliphatic hydroxyl groups excluding tert-OH is 1. The van der Waals surface area contributed by atoms with E-state index in [-0.39, 0.29) is 48.1 Å². The number of hydrogen-bond donors (Lipinski definition) is 4. The first-order valence-corrected chi connectivity index (χ1v) is 14.6. The molecule has 3 aromatic rings. The van der Waals surface area contributed by atoms with Crippen LogP contribution in [0.15, 0.2) is 66.7 Å². The maximum absolute atomic E-state index is 13.7. The van der Waals surface area contributed by atoms with Crippen molar-refractivity contribution in [2.24, 2.45) is 5.92 Å². The molecule has 0 saturated carbocycles. The smallest absolute Gasteiger partial charge is 0.416 e. The molecular formula is C32H33F6N5O5. The van der Waals surface area contributed by atoms with Gasteiger partial charge in [0.15, 0.2) is 5.75 Å². The van der Waals surface area contributed by atoms with Gasteiger partial charge in [-0.2, -0.15) is 26.3 Å². The molecule has 1 aliphatic heterocycles. The number of likely N-dealkylation sites (N-methyl/N-ethyl adjacent to an activating group) is 1. The second kappa shape index (κ2) is 14.4. The number of nitrogens with one attached hydrogen (secondary N) is 3. The van der Waals surface area contributed by atoms with Gasteiger partial charge in [-0.3, -0.25) is 4.79 Å². The van der Waals surface area contributed by atoms with Gasteiger partial charge in [0.1, 0.15) is 6.10 Å². The van der Waals surface area contributed by atoms with E-state index in [2.05, 4.69) is 16.0 Å². The number of carbonyl (C=O) groups is 3. The normalized spacial score (nSPS) is 17.3. The molecule has 0 bridgehead atoms. The van der Waals surface area contributed by atoms with Crippen molar-refractivity contribution in [1.82, 2.24) is 9.80 Å². The predicted molar refractivity (Wildman–Crippen MR) is 165 cm³/mol. The molecule has 5 amide bonds. The van der Waals surface area contributed by atoms with Gasteiger partial charge in [0.05, 0.1) is 41.6 Å². The largest absolute Gasteiger partial charge is 0.485 e. The van der Waals surface area contributed by atoms with E-state index in [9.17, 15) is 45.8 Å². The lowest BCUT2D eigenvalue weighted by Gasteiger charge is -2.38. The molecule has 258 valence electrons. The summed E-state index contributed by atoms with van der Waals surface area (Å²) in [5, 5.41) is 17.4. The molecule has 3 aromatic carbocycles. The maximum Gasteiger partial charge on any atom is 0.416 e. The molecule has 0 fully saturated rings. The van der Waals surface area contributed by atoms with Gasteiger partial charge in [0.2, 0.25) is 0 Å². The van der Waals surface area contributed by atoms with Crippen molar-refractivity contribution < 1.29 is 50.6 Å². The van der Waals surface area contributed by atoms with Crippen LogP contribution >= 0.6 is 0 Å². The molecule has 0 unspecified atom stereocenters. The van der Waals surface area contributed by atoms with Crippen LogP contribution in [0.25, 0.3) is 0 Å². The molecule has 0 radical (unpaired) electrons. The maximum atomic E-state index is 13.7. The monoisotopic (exact) mass is 681 g/mol. The van der Waals surface area contributed by atoms with Crippen molar-refractivity contribution in [3.63, 3.8) is 0 Å². The Labute approximate surface area is 271 Å². The molecule has 0 spiro atoms. The van der Waals surface area contributed by atoms with Gasteiger partial charge < -0.3 is 35.6 Å². The highest BCUT2D eigenvalue weighted by atomic mass is 19.4. The minimum absolute atomic E-state index is 0.0383. The van der Waals surface area contributed by atoms with Gasteiger partial charge >= 0.3 is 24.4 Å². The lowest BCUT2D eigenvalue weighted by molar-refractivity contribution is -0.138. The number of alkyl halides is 6. The van der Waals surface area contributed by atoms with Crippen molar-refractivity contribution in [1.29, 1.82) is 0 Å². The molecule has 3 atom stereocenters. The fourth-order valence-electron chi connectivity index (χ4n) is 4.90. The summed E-state index contributed by atoms with van der Waals surface area (Å²) in [7, 11) is 1.44. The Morgan fingerprint density at radius 1 is 0.917 bits per heavy atom. The number of carbonyl (C=O) groups excluding carboxylic acids is 3. The number of urea groups is 2. The fourth-order valence-corrected chi connectivity index (χ4v) is 4.90. The molecule has 4 N–H and O–H groups in total. The van der Waals surface area contributed by atoms with Gasteiger partial charge in [-0.1, -0.05) is 13.0 Å².